The Balaban J connectivity index is 2.36. The summed E-state index contributed by atoms with van der Waals surface area (Å²) in [6.45, 7) is 2.89. The van der Waals surface area contributed by atoms with E-state index in [1.54, 1.807) is 12.0 Å². The molecule has 0 aromatic heterocycles. The van der Waals surface area contributed by atoms with Crippen LogP contribution in [-0.2, 0) is 11.2 Å². The van der Waals surface area contributed by atoms with Crippen LogP contribution in [0.2, 0.25) is 0 Å². The number of amides is 1. The van der Waals surface area contributed by atoms with E-state index in [0.717, 1.165) is 30.7 Å². The molecule has 0 aliphatic heterocycles. The van der Waals surface area contributed by atoms with E-state index in [9.17, 15) is 4.79 Å². The normalized spacial score (nSPS) is 12.0. The van der Waals surface area contributed by atoms with Gasteiger partial charge in [-0.15, -0.1) is 0 Å². The van der Waals surface area contributed by atoms with E-state index in [-0.39, 0.29) is 5.91 Å². The van der Waals surface area contributed by atoms with E-state index < -0.39 is 0 Å². The maximum Gasteiger partial charge on any atom is 0.222 e. The van der Waals surface area contributed by atoms with Crippen molar-refractivity contribution in [1.82, 2.24) is 4.90 Å². The summed E-state index contributed by atoms with van der Waals surface area (Å²) in [5.74, 6) is 1.04. The van der Waals surface area contributed by atoms with Crippen LogP contribution in [0, 0.1) is 0 Å². The molecule has 0 fully saturated rings. The van der Waals surface area contributed by atoms with Gasteiger partial charge in [-0.2, -0.15) is 0 Å². The molecule has 0 heterocycles. The third-order valence-corrected chi connectivity index (χ3v) is 3.53. The standard InChI is InChI=1S/C15H22BrNO2/c1-12(16)10-11-17(2)15(18)9-6-13-4-7-14(19-3)8-5-13/h4-5,7-8,12H,6,9-11H2,1-3H3. The van der Waals surface area contributed by atoms with Crippen molar-refractivity contribution in [3.63, 3.8) is 0 Å². The molecule has 0 N–H and O–H groups in total. The molecule has 4 heteroatoms. The van der Waals surface area contributed by atoms with Crippen molar-refractivity contribution in [3.8, 4) is 5.75 Å². The molecule has 106 valence electrons. The van der Waals surface area contributed by atoms with Gasteiger partial charge in [0, 0.05) is 24.8 Å². The Bertz CT molecular complexity index is 390. The zero-order valence-corrected chi connectivity index (χ0v) is 13.4. The second-order valence-electron chi connectivity index (χ2n) is 4.73. The lowest BCUT2D eigenvalue weighted by Gasteiger charge is -2.17. The number of carbonyl (C=O) groups is 1. The van der Waals surface area contributed by atoms with Crippen LogP contribution in [0.4, 0.5) is 0 Å². The third kappa shape index (κ3) is 6.10. The van der Waals surface area contributed by atoms with E-state index >= 15 is 0 Å². The smallest absolute Gasteiger partial charge is 0.222 e. The van der Waals surface area contributed by atoms with Crippen molar-refractivity contribution in [1.29, 1.82) is 0 Å². The van der Waals surface area contributed by atoms with Gasteiger partial charge in [-0.25, -0.2) is 0 Å². The quantitative estimate of drug-likeness (QED) is 0.719. The highest BCUT2D eigenvalue weighted by Crippen LogP contribution is 2.13. The van der Waals surface area contributed by atoms with Gasteiger partial charge in [0.05, 0.1) is 7.11 Å². The lowest BCUT2D eigenvalue weighted by Crippen LogP contribution is -2.28. The molecule has 19 heavy (non-hydrogen) atoms. The van der Waals surface area contributed by atoms with Gasteiger partial charge in [0.1, 0.15) is 5.75 Å². The van der Waals surface area contributed by atoms with Crippen LogP contribution in [0.1, 0.15) is 25.3 Å². The number of hydrogen-bond acceptors (Lipinski definition) is 2. The van der Waals surface area contributed by atoms with Crippen LogP contribution in [0.15, 0.2) is 24.3 Å². The summed E-state index contributed by atoms with van der Waals surface area (Å²) in [6, 6.07) is 7.87. The van der Waals surface area contributed by atoms with Gasteiger partial charge in [0.15, 0.2) is 0 Å². The van der Waals surface area contributed by atoms with Crippen LogP contribution in [0.3, 0.4) is 0 Å². The monoisotopic (exact) mass is 327 g/mol. The summed E-state index contributed by atoms with van der Waals surface area (Å²) in [7, 11) is 3.52. The van der Waals surface area contributed by atoms with Gasteiger partial charge in [-0.05, 0) is 30.5 Å². The van der Waals surface area contributed by atoms with Gasteiger partial charge < -0.3 is 9.64 Å². The van der Waals surface area contributed by atoms with E-state index in [2.05, 4.69) is 22.9 Å². The topological polar surface area (TPSA) is 29.5 Å². The molecule has 3 nitrogen and oxygen atoms in total. The number of alkyl halides is 1. The number of nitrogens with zero attached hydrogens (tertiary/aromatic N) is 1. The first-order valence-corrected chi connectivity index (χ1v) is 7.45. The van der Waals surface area contributed by atoms with Crippen LogP contribution < -0.4 is 4.74 Å². The summed E-state index contributed by atoms with van der Waals surface area (Å²) in [4.78, 5) is 14.2. The largest absolute Gasteiger partial charge is 0.497 e. The van der Waals surface area contributed by atoms with Gasteiger partial charge >= 0.3 is 0 Å². The number of benzene rings is 1. The fourth-order valence-electron chi connectivity index (χ4n) is 1.73. The lowest BCUT2D eigenvalue weighted by molar-refractivity contribution is -0.129. The van der Waals surface area contributed by atoms with Crippen LogP contribution >= 0.6 is 15.9 Å². The molecule has 0 aliphatic rings. The molecule has 0 saturated heterocycles. The van der Waals surface area contributed by atoms with Gasteiger partial charge in [-0.1, -0.05) is 35.0 Å². The van der Waals surface area contributed by atoms with Crippen LogP contribution in [0.5, 0.6) is 5.75 Å². The van der Waals surface area contributed by atoms with Crippen molar-refractivity contribution in [3.05, 3.63) is 29.8 Å². The molecule has 1 unspecified atom stereocenters. The average molecular weight is 328 g/mol. The predicted molar refractivity (Wildman–Crippen MR) is 82.0 cm³/mol. The second-order valence-corrected chi connectivity index (χ2v) is 6.30. The zero-order valence-electron chi connectivity index (χ0n) is 11.9. The number of methoxy groups -OCH3 is 1. The maximum absolute atomic E-state index is 11.9. The van der Waals surface area contributed by atoms with Crippen molar-refractivity contribution >= 4 is 21.8 Å². The molecular formula is C15H22BrNO2. The highest BCUT2D eigenvalue weighted by molar-refractivity contribution is 9.09. The SMILES string of the molecule is COc1ccc(CCC(=O)N(C)CCC(C)Br)cc1. The molecule has 1 atom stereocenters. The number of ether oxygens (including phenoxy) is 1. The highest BCUT2D eigenvalue weighted by Gasteiger charge is 2.09. The molecule has 0 saturated carbocycles. The van der Waals surface area contributed by atoms with E-state index in [1.807, 2.05) is 31.3 Å². The number of halogens is 1. The number of rotatable bonds is 7. The molecule has 1 rings (SSSR count). The second kappa shape index (κ2) is 8.20. The first-order chi connectivity index (χ1) is 9.02. The molecule has 1 amide bonds. The summed E-state index contributed by atoms with van der Waals surface area (Å²) in [5.41, 5.74) is 1.16. The van der Waals surface area contributed by atoms with Crippen LogP contribution in [-0.4, -0.2) is 36.3 Å². The number of aryl methyl sites for hydroxylation is 1. The Morgan fingerprint density at radius 1 is 1.37 bits per heavy atom. The maximum atomic E-state index is 11.9. The number of carbonyl (C=O) groups excluding carboxylic acids is 1. The Labute approximate surface area is 124 Å². The molecular weight excluding hydrogens is 306 g/mol. The lowest BCUT2D eigenvalue weighted by atomic mass is 10.1. The Kier molecular flexibility index (Phi) is 6.92. The van der Waals surface area contributed by atoms with Crippen molar-refractivity contribution in [2.45, 2.75) is 31.0 Å². The molecule has 0 spiro atoms. The Morgan fingerprint density at radius 2 is 2.00 bits per heavy atom. The first-order valence-electron chi connectivity index (χ1n) is 6.54. The average Bonchev–Trinajstić information content (AvgIpc) is 2.42. The van der Waals surface area contributed by atoms with E-state index in [0.29, 0.717) is 11.2 Å². The minimum absolute atomic E-state index is 0.198. The first kappa shape index (κ1) is 16.0. The predicted octanol–water partition coefficient (Wildman–Crippen LogP) is 3.26. The van der Waals surface area contributed by atoms with Crippen molar-refractivity contribution < 1.29 is 9.53 Å². The number of hydrogen-bond donors (Lipinski definition) is 0. The van der Waals surface area contributed by atoms with Gasteiger partial charge in [-0.3, -0.25) is 4.79 Å². The van der Waals surface area contributed by atoms with E-state index in [1.165, 1.54) is 0 Å². The molecule has 1 aromatic carbocycles. The van der Waals surface area contributed by atoms with Gasteiger partial charge in [0.25, 0.3) is 0 Å². The fourth-order valence-corrected chi connectivity index (χ4v) is 1.94. The summed E-state index contributed by atoms with van der Waals surface area (Å²) in [5, 5.41) is 0. The third-order valence-electron chi connectivity index (χ3n) is 3.07. The Hall–Kier alpha value is -1.03. The molecule has 1 aromatic rings. The van der Waals surface area contributed by atoms with E-state index in [4.69, 9.17) is 4.74 Å². The van der Waals surface area contributed by atoms with Crippen molar-refractivity contribution in [2.24, 2.45) is 0 Å². The zero-order chi connectivity index (χ0) is 14.3. The van der Waals surface area contributed by atoms with Crippen molar-refractivity contribution in [2.75, 3.05) is 20.7 Å². The minimum atomic E-state index is 0.198. The molecule has 0 aliphatic carbocycles. The van der Waals surface area contributed by atoms with Gasteiger partial charge in [0.2, 0.25) is 5.91 Å². The highest BCUT2D eigenvalue weighted by atomic mass is 79.9. The fraction of sp³-hybridized carbons (Fsp3) is 0.533. The Morgan fingerprint density at radius 3 is 2.53 bits per heavy atom. The molecule has 0 radical (unpaired) electrons. The molecule has 0 bridgehead atoms. The summed E-state index contributed by atoms with van der Waals surface area (Å²) >= 11 is 3.49. The van der Waals surface area contributed by atoms with Crippen LogP contribution in [0.25, 0.3) is 0 Å². The minimum Gasteiger partial charge on any atom is -0.497 e. The summed E-state index contributed by atoms with van der Waals surface area (Å²) in [6.07, 6.45) is 2.31. The summed E-state index contributed by atoms with van der Waals surface area (Å²) < 4.78 is 5.11.